The Labute approximate surface area is 126 Å². The summed E-state index contributed by atoms with van der Waals surface area (Å²) in [5.74, 6) is 0.455. The third-order valence-corrected chi connectivity index (χ3v) is 4.69. The van der Waals surface area contributed by atoms with Gasteiger partial charge in [0.2, 0.25) is 5.91 Å². The molecule has 0 aliphatic carbocycles. The molecule has 0 spiro atoms. The number of carbonyl (C=O) groups excluding carboxylic acids is 1. The van der Waals surface area contributed by atoms with Gasteiger partial charge in [-0.3, -0.25) is 14.2 Å². The van der Waals surface area contributed by atoms with E-state index in [1.807, 2.05) is 30.3 Å². The highest BCUT2D eigenvalue weighted by Crippen LogP contribution is 2.26. The second-order valence-corrected chi connectivity index (χ2v) is 5.90. The second kappa shape index (κ2) is 5.73. The Balaban J connectivity index is 1.81. The molecule has 2 aromatic rings. The van der Waals surface area contributed by atoms with Crippen LogP contribution in [0.15, 0.2) is 52.5 Å². The van der Waals surface area contributed by atoms with Crippen LogP contribution in [-0.4, -0.2) is 28.3 Å². The van der Waals surface area contributed by atoms with Crippen molar-refractivity contribution in [1.29, 1.82) is 0 Å². The van der Waals surface area contributed by atoms with Crippen LogP contribution in [0.1, 0.15) is 0 Å². The topological polar surface area (TPSA) is 55.2 Å². The summed E-state index contributed by atoms with van der Waals surface area (Å²) >= 11 is 1.46. The molecule has 0 bridgehead atoms. The van der Waals surface area contributed by atoms with Gasteiger partial charge in [-0.1, -0.05) is 30.0 Å². The maximum atomic E-state index is 12.6. The van der Waals surface area contributed by atoms with Gasteiger partial charge in [-0.05, 0) is 12.1 Å². The van der Waals surface area contributed by atoms with Crippen LogP contribution in [0.5, 0.6) is 0 Å². The van der Waals surface area contributed by atoms with Crippen molar-refractivity contribution >= 4 is 23.4 Å². The summed E-state index contributed by atoms with van der Waals surface area (Å²) in [6.45, 7) is 0.394. The third-order valence-electron chi connectivity index (χ3n) is 3.54. The molecule has 108 valence electrons. The van der Waals surface area contributed by atoms with Crippen LogP contribution in [0.4, 0.5) is 5.69 Å². The van der Waals surface area contributed by atoms with Gasteiger partial charge in [0, 0.05) is 37.3 Å². The van der Waals surface area contributed by atoms with E-state index in [2.05, 4.69) is 4.98 Å². The number of anilines is 1. The number of nitrogens with zero attached hydrogens (tertiary/aromatic N) is 3. The predicted octanol–water partition coefficient (Wildman–Crippen LogP) is 1.63. The SMILES string of the molecule is CN(C(=O)C1CSc2nccc(=O)n2C1)c1ccccc1. The lowest BCUT2D eigenvalue weighted by molar-refractivity contribution is -0.122. The van der Waals surface area contributed by atoms with E-state index in [1.165, 1.54) is 24.0 Å². The summed E-state index contributed by atoms with van der Waals surface area (Å²) in [5, 5.41) is 0.689. The van der Waals surface area contributed by atoms with E-state index >= 15 is 0 Å². The molecule has 1 aromatic carbocycles. The van der Waals surface area contributed by atoms with Gasteiger partial charge in [0.15, 0.2) is 5.16 Å². The van der Waals surface area contributed by atoms with Crippen LogP contribution < -0.4 is 10.5 Å². The van der Waals surface area contributed by atoms with Gasteiger partial charge in [0.25, 0.3) is 5.56 Å². The van der Waals surface area contributed by atoms with E-state index in [0.717, 1.165) is 5.69 Å². The van der Waals surface area contributed by atoms with Crippen molar-refractivity contribution < 1.29 is 4.79 Å². The van der Waals surface area contributed by atoms with Gasteiger partial charge in [-0.15, -0.1) is 0 Å². The number of hydrogen-bond acceptors (Lipinski definition) is 4. The number of benzene rings is 1. The lowest BCUT2D eigenvalue weighted by Crippen LogP contribution is -2.40. The van der Waals surface area contributed by atoms with Gasteiger partial charge >= 0.3 is 0 Å². The third kappa shape index (κ3) is 2.71. The summed E-state index contributed by atoms with van der Waals surface area (Å²) in [6, 6.07) is 10.9. The van der Waals surface area contributed by atoms with Crippen LogP contribution >= 0.6 is 11.8 Å². The molecule has 0 N–H and O–H groups in total. The Morgan fingerprint density at radius 1 is 1.33 bits per heavy atom. The first-order valence-electron chi connectivity index (χ1n) is 6.68. The fraction of sp³-hybridized carbons (Fsp3) is 0.267. The zero-order chi connectivity index (χ0) is 14.8. The molecule has 1 unspecified atom stereocenters. The van der Waals surface area contributed by atoms with Crippen molar-refractivity contribution in [2.45, 2.75) is 11.7 Å². The predicted molar refractivity (Wildman–Crippen MR) is 82.6 cm³/mol. The summed E-state index contributed by atoms with van der Waals surface area (Å²) in [5.41, 5.74) is 0.754. The van der Waals surface area contributed by atoms with Crippen LogP contribution in [0.3, 0.4) is 0 Å². The average molecular weight is 301 g/mol. The molecule has 0 saturated heterocycles. The Kier molecular flexibility index (Phi) is 3.79. The van der Waals surface area contributed by atoms with Gasteiger partial charge in [-0.25, -0.2) is 4.98 Å². The number of carbonyl (C=O) groups is 1. The van der Waals surface area contributed by atoms with Crippen molar-refractivity contribution in [1.82, 2.24) is 9.55 Å². The van der Waals surface area contributed by atoms with Gasteiger partial charge in [0.05, 0.1) is 5.92 Å². The lowest BCUT2D eigenvalue weighted by atomic mass is 10.1. The zero-order valence-corrected chi connectivity index (χ0v) is 12.4. The smallest absolute Gasteiger partial charge is 0.254 e. The van der Waals surface area contributed by atoms with Crippen molar-refractivity contribution in [2.75, 3.05) is 17.7 Å². The maximum Gasteiger partial charge on any atom is 0.254 e. The Hall–Kier alpha value is -2.08. The van der Waals surface area contributed by atoms with Crippen molar-refractivity contribution in [3.05, 3.63) is 52.9 Å². The Morgan fingerprint density at radius 3 is 2.86 bits per heavy atom. The molecule has 1 aromatic heterocycles. The number of hydrogen-bond donors (Lipinski definition) is 0. The summed E-state index contributed by atoms with van der Waals surface area (Å²) in [7, 11) is 1.77. The number of para-hydroxylation sites is 1. The lowest BCUT2D eigenvalue weighted by Gasteiger charge is -2.27. The highest BCUT2D eigenvalue weighted by atomic mass is 32.2. The maximum absolute atomic E-state index is 12.6. The molecule has 0 radical (unpaired) electrons. The van der Waals surface area contributed by atoms with Crippen LogP contribution in [0, 0.1) is 5.92 Å². The molecule has 3 rings (SSSR count). The van der Waals surface area contributed by atoms with E-state index in [1.54, 1.807) is 16.5 Å². The van der Waals surface area contributed by atoms with E-state index in [0.29, 0.717) is 17.5 Å². The highest BCUT2D eigenvalue weighted by Gasteiger charge is 2.28. The first kappa shape index (κ1) is 13.9. The number of thioether (sulfide) groups is 1. The second-order valence-electron chi connectivity index (χ2n) is 4.92. The molecule has 0 fully saturated rings. The molecule has 1 aliphatic rings. The van der Waals surface area contributed by atoms with Gasteiger partial charge in [0.1, 0.15) is 0 Å². The molecule has 0 saturated carbocycles. The minimum Gasteiger partial charge on any atom is -0.315 e. The van der Waals surface area contributed by atoms with E-state index in [-0.39, 0.29) is 17.4 Å². The van der Waals surface area contributed by atoms with E-state index in [4.69, 9.17) is 0 Å². The average Bonchev–Trinajstić information content (AvgIpc) is 2.54. The normalized spacial score (nSPS) is 17.1. The molecule has 1 amide bonds. The first-order valence-corrected chi connectivity index (χ1v) is 7.66. The minimum absolute atomic E-state index is 0.0232. The van der Waals surface area contributed by atoms with Crippen molar-refractivity contribution in [3.8, 4) is 0 Å². The highest BCUT2D eigenvalue weighted by molar-refractivity contribution is 7.99. The number of aromatic nitrogens is 2. The summed E-state index contributed by atoms with van der Waals surface area (Å²) in [4.78, 5) is 30.3. The largest absolute Gasteiger partial charge is 0.315 e. The van der Waals surface area contributed by atoms with Crippen molar-refractivity contribution in [3.63, 3.8) is 0 Å². The molecule has 1 aliphatic heterocycles. The molecule has 1 atom stereocenters. The number of rotatable bonds is 2. The fourth-order valence-electron chi connectivity index (χ4n) is 2.35. The molecule has 21 heavy (non-hydrogen) atoms. The Bertz CT molecular complexity index is 714. The quantitative estimate of drug-likeness (QED) is 0.791. The first-order chi connectivity index (χ1) is 10.2. The van der Waals surface area contributed by atoms with Gasteiger partial charge in [-0.2, -0.15) is 0 Å². The minimum atomic E-state index is -0.213. The van der Waals surface area contributed by atoms with Gasteiger partial charge < -0.3 is 4.90 Å². The standard InChI is InChI=1S/C15H15N3O2S/c1-17(12-5-3-2-4-6-12)14(20)11-9-18-13(19)7-8-16-15(18)21-10-11/h2-8,11H,9-10H2,1H3. The fourth-order valence-corrected chi connectivity index (χ4v) is 3.41. The van der Waals surface area contributed by atoms with Crippen molar-refractivity contribution in [2.24, 2.45) is 5.92 Å². The molecular formula is C15H15N3O2S. The zero-order valence-electron chi connectivity index (χ0n) is 11.6. The Morgan fingerprint density at radius 2 is 2.10 bits per heavy atom. The van der Waals surface area contributed by atoms with Crippen LogP contribution in [-0.2, 0) is 11.3 Å². The van der Waals surface area contributed by atoms with Crippen LogP contribution in [0.25, 0.3) is 0 Å². The van der Waals surface area contributed by atoms with E-state index in [9.17, 15) is 9.59 Å². The summed E-state index contributed by atoms with van der Waals surface area (Å²) < 4.78 is 1.58. The molecular weight excluding hydrogens is 286 g/mol. The number of fused-ring (bicyclic) bond motifs is 1. The molecule has 5 nitrogen and oxygen atoms in total. The van der Waals surface area contributed by atoms with Crippen LogP contribution in [0.2, 0.25) is 0 Å². The molecule has 6 heteroatoms. The molecule has 2 heterocycles. The summed E-state index contributed by atoms with van der Waals surface area (Å²) in [6.07, 6.45) is 1.51. The monoisotopic (exact) mass is 301 g/mol. The van der Waals surface area contributed by atoms with E-state index < -0.39 is 0 Å². The number of amides is 1.